The molecule has 0 spiro atoms. The van der Waals surface area contributed by atoms with E-state index in [1.54, 1.807) is 39.1 Å². The van der Waals surface area contributed by atoms with Gasteiger partial charge >= 0.3 is 0 Å². The first-order valence-electron chi connectivity index (χ1n) is 17.4. The second-order valence-corrected chi connectivity index (χ2v) is 17.1. The smallest absolute Gasteiger partial charge is 0.229 e. The molecule has 0 bridgehead atoms. The average Bonchev–Trinajstić information content (AvgIpc) is 3.14. The molecule has 0 saturated carbocycles. The third kappa shape index (κ3) is 8.47. The highest BCUT2D eigenvalue weighted by Crippen LogP contribution is 2.41. The Morgan fingerprint density at radius 1 is 1.10 bits per heavy atom. The van der Waals surface area contributed by atoms with Gasteiger partial charge in [-0.2, -0.15) is 4.98 Å². The molecule has 0 unspecified atom stereocenters. The van der Waals surface area contributed by atoms with Crippen molar-refractivity contribution in [3.63, 3.8) is 0 Å². The first-order valence-corrected chi connectivity index (χ1v) is 20.4. The maximum Gasteiger partial charge on any atom is 0.229 e. The van der Waals surface area contributed by atoms with Gasteiger partial charge in [0.2, 0.25) is 5.95 Å². The van der Waals surface area contributed by atoms with E-state index in [9.17, 15) is 4.57 Å². The molecule has 1 aromatic heterocycles. The Morgan fingerprint density at radius 3 is 2.51 bits per heavy atom. The predicted molar refractivity (Wildman–Crippen MR) is 212 cm³/mol. The molecule has 51 heavy (non-hydrogen) atoms. The number of allylic oxidation sites excluding steroid dienone is 2. The quantitative estimate of drug-likeness (QED) is 0.134. The maximum atomic E-state index is 13.6. The minimum Gasteiger partial charge on any atom is -0.494 e. The lowest BCUT2D eigenvalue weighted by atomic mass is 9.99. The van der Waals surface area contributed by atoms with Crippen molar-refractivity contribution in [1.29, 1.82) is 5.41 Å². The topological polar surface area (TPSA) is 134 Å². The molecule has 4 N–H and O–H groups in total. The number of piperazine rings is 1. The summed E-state index contributed by atoms with van der Waals surface area (Å²) in [5, 5.41) is 18.7. The number of nitrogens with one attached hydrogen (secondary N) is 4. The molecule has 270 valence electrons. The van der Waals surface area contributed by atoms with Gasteiger partial charge < -0.3 is 40.5 Å². The lowest BCUT2D eigenvalue weighted by molar-refractivity contribution is 0.0982. The van der Waals surface area contributed by atoms with E-state index >= 15 is 0 Å². The van der Waals surface area contributed by atoms with Crippen molar-refractivity contribution in [2.75, 3.05) is 82.3 Å². The van der Waals surface area contributed by atoms with E-state index in [0.29, 0.717) is 45.1 Å². The van der Waals surface area contributed by atoms with Crippen LogP contribution in [0.5, 0.6) is 5.75 Å². The van der Waals surface area contributed by atoms with Crippen LogP contribution >= 0.6 is 18.7 Å². The number of ether oxygens (including phenoxy) is 1. The zero-order valence-corrected chi connectivity index (χ0v) is 31.7. The van der Waals surface area contributed by atoms with Crippen molar-refractivity contribution in [2.45, 2.75) is 32.2 Å². The van der Waals surface area contributed by atoms with Gasteiger partial charge in [-0.3, -0.25) is 4.90 Å². The van der Waals surface area contributed by atoms with Gasteiger partial charge in [0.15, 0.2) is 5.82 Å². The highest BCUT2D eigenvalue weighted by Gasteiger charge is 2.28. The largest absolute Gasteiger partial charge is 0.494 e. The molecular weight excluding hydrogens is 683 g/mol. The molecule has 3 aliphatic rings. The Hall–Kier alpha value is -4.22. The summed E-state index contributed by atoms with van der Waals surface area (Å²) in [5.41, 5.74) is 5.91. The lowest BCUT2D eigenvalue weighted by Crippen LogP contribution is -2.52. The van der Waals surface area contributed by atoms with E-state index < -0.39 is 7.14 Å². The molecule has 2 saturated heterocycles. The zero-order chi connectivity index (χ0) is 36.1. The summed E-state index contributed by atoms with van der Waals surface area (Å²) in [6.07, 6.45) is 11.0. The standard InChI is InChI=1S/C37H48ClN10O2P/c1-6-25-19-32(34(50-3)21-33(25)48-13-10-27(11-14-48)47-17-15-46(2)16-18-47)44-37-41-23-29(38)36(45-37)43-31-8-7-26(20-35(31)51(4,5)49)28(22-39)30-9-12-40-24-42-30/h7-9,12,19-24,27,39H,6,10-11,13-18H2,1-5H3,(H,40,42)(H2,41,43,44,45)/b30-28+,39-22?. The van der Waals surface area contributed by atoms with Crippen molar-refractivity contribution in [1.82, 2.24) is 25.1 Å². The van der Waals surface area contributed by atoms with Crippen LogP contribution in [-0.4, -0.2) is 105 Å². The van der Waals surface area contributed by atoms with E-state index in [-0.39, 0.29) is 0 Å². The molecule has 0 radical (unpaired) electrons. The molecule has 14 heteroatoms. The molecule has 0 amide bonds. The third-order valence-electron chi connectivity index (χ3n) is 9.83. The van der Waals surface area contributed by atoms with Crippen LogP contribution in [0.3, 0.4) is 0 Å². The van der Waals surface area contributed by atoms with Gasteiger partial charge in [0.05, 0.1) is 36.7 Å². The minimum atomic E-state index is -2.79. The van der Waals surface area contributed by atoms with Gasteiger partial charge in [0.1, 0.15) is 17.9 Å². The molecule has 3 aliphatic heterocycles. The van der Waals surface area contributed by atoms with Crippen LogP contribution in [0.2, 0.25) is 5.02 Å². The monoisotopic (exact) mass is 730 g/mol. The van der Waals surface area contributed by atoms with Crippen LogP contribution in [0.4, 0.5) is 28.8 Å². The SMILES string of the molecule is CCc1cc(Nc2ncc(Cl)c(Nc3ccc(/C(C=N)=C4\C=CN=CN4)cc3P(C)(C)=O)n2)c(OC)cc1N1CCC(N2CCN(C)CC2)CC1. The summed E-state index contributed by atoms with van der Waals surface area (Å²) >= 11 is 6.62. The van der Waals surface area contributed by atoms with Gasteiger partial charge in [-0.05, 0) is 75.0 Å². The lowest BCUT2D eigenvalue weighted by Gasteiger charge is -2.43. The Balaban J connectivity index is 1.22. The van der Waals surface area contributed by atoms with E-state index in [1.165, 1.54) is 23.7 Å². The first-order chi connectivity index (χ1) is 24.6. The summed E-state index contributed by atoms with van der Waals surface area (Å²) in [6, 6.07) is 10.5. The normalized spacial score (nSPS) is 18.4. The zero-order valence-electron chi connectivity index (χ0n) is 30.0. The highest BCUT2D eigenvalue weighted by molar-refractivity contribution is 7.70. The molecule has 12 nitrogen and oxygen atoms in total. The molecule has 0 aliphatic carbocycles. The number of nitrogens with zero attached hydrogens (tertiary/aromatic N) is 6. The fourth-order valence-electron chi connectivity index (χ4n) is 6.93. The third-order valence-corrected chi connectivity index (χ3v) is 11.6. The van der Waals surface area contributed by atoms with Crippen molar-refractivity contribution in [2.24, 2.45) is 4.99 Å². The summed E-state index contributed by atoms with van der Waals surface area (Å²) in [5.74, 6) is 1.41. The van der Waals surface area contributed by atoms with E-state index in [0.717, 1.165) is 75.5 Å². The molecule has 2 aromatic carbocycles. The van der Waals surface area contributed by atoms with Gasteiger partial charge in [0.25, 0.3) is 0 Å². The summed E-state index contributed by atoms with van der Waals surface area (Å²) in [7, 11) is 1.09. The molecule has 6 rings (SSSR count). The number of benzene rings is 2. The molecule has 0 atom stereocenters. The highest BCUT2D eigenvalue weighted by atomic mass is 35.5. The van der Waals surface area contributed by atoms with Crippen LogP contribution in [-0.2, 0) is 11.0 Å². The minimum absolute atomic E-state index is 0.312. The van der Waals surface area contributed by atoms with Crippen LogP contribution in [0.15, 0.2) is 59.5 Å². The second-order valence-electron chi connectivity index (χ2n) is 13.5. The number of piperidine rings is 1. The maximum absolute atomic E-state index is 13.6. The first kappa shape index (κ1) is 36.6. The molecule has 4 heterocycles. The van der Waals surface area contributed by atoms with E-state index in [4.69, 9.17) is 26.7 Å². The number of aryl methyl sites for hydroxylation is 1. The second kappa shape index (κ2) is 16.0. The molecular formula is C37H48ClN10O2P. The number of hydrogen-bond acceptors (Lipinski definition) is 12. The van der Waals surface area contributed by atoms with E-state index in [1.807, 2.05) is 18.2 Å². The summed E-state index contributed by atoms with van der Waals surface area (Å²) < 4.78 is 19.5. The number of hydrogen-bond donors (Lipinski definition) is 4. The number of methoxy groups -OCH3 is 1. The predicted octanol–water partition coefficient (Wildman–Crippen LogP) is 6.16. The van der Waals surface area contributed by atoms with Gasteiger partial charge in [-0.15, -0.1) is 0 Å². The van der Waals surface area contributed by atoms with Gasteiger partial charge in [-0.1, -0.05) is 24.6 Å². The number of likely N-dealkylation sites (N-methyl/N-ethyl adjacent to an activating group) is 1. The number of rotatable bonds is 11. The Labute approximate surface area is 305 Å². The average molecular weight is 731 g/mol. The van der Waals surface area contributed by atoms with Crippen molar-refractivity contribution < 1.29 is 9.30 Å². The molecule has 2 fully saturated rings. The fourth-order valence-corrected chi connectivity index (χ4v) is 8.23. The number of aliphatic imine (C=N–C) groups is 1. The van der Waals surface area contributed by atoms with Crippen LogP contribution in [0.25, 0.3) is 5.57 Å². The van der Waals surface area contributed by atoms with Crippen LogP contribution < -0.4 is 30.9 Å². The van der Waals surface area contributed by atoms with Crippen molar-refractivity contribution in [3.05, 3.63) is 70.7 Å². The van der Waals surface area contributed by atoms with Gasteiger partial charge in [0, 0.05) is 80.4 Å². The van der Waals surface area contributed by atoms with Crippen molar-refractivity contribution >= 4 is 71.0 Å². The molecule has 3 aromatic rings. The number of anilines is 5. The number of halogens is 1. The Morgan fingerprint density at radius 2 is 1.86 bits per heavy atom. The van der Waals surface area contributed by atoms with Crippen molar-refractivity contribution in [3.8, 4) is 5.75 Å². The van der Waals surface area contributed by atoms with E-state index in [2.05, 4.69) is 66.7 Å². The van der Waals surface area contributed by atoms with Crippen LogP contribution in [0, 0.1) is 5.41 Å². The van der Waals surface area contributed by atoms with Crippen LogP contribution in [0.1, 0.15) is 30.9 Å². The summed E-state index contributed by atoms with van der Waals surface area (Å²) in [4.78, 5) is 20.8. The summed E-state index contributed by atoms with van der Waals surface area (Å²) in [6.45, 7) is 12.2. The number of aromatic nitrogens is 2. The Kier molecular flexibility index (Phi) is 11.5. The Bertz CT molecular complexity index is 1890. The van der Waals surface area contributed by atoms with Gasteiger partial charge in [-0.25, -0.2) is 9.98 Å². The fraction of sp³-hybridized carbons (Fsp3) is 0.405.